The first kappa shape index (κ1) is 18.3. The molecule has 0 fully saturated rings. The molecule has 1 heterocycles. The normalized spacial score (nSPS) is 20.5. The molecule has 2 unspecified atom stereocenters. The Morgan fingerprint density at radius 2 is 1.92 bits per heavy atom. The minimum Gasteiger partial charge on any atom is -0.382 e. The highest BCUT2D eigenvalue weighted by atomic mass is 35.5. The van der Waals surface area contributed by atoms with Crippen molar-refractivity contribution >= 4 is 35.0 Å². The molecule has 0 aliphatic carbocycles. The minimum absolute atomic E-state index is 0.288. The fourth-order valence-corrected chi connectivity index (χ4v) is 4.25. The van der Waals surface area contributed by atoms with Crippen LogP contribution in [0.4, 0.5) is 5.69 Å². The molecule has 2 aromatic rings. The van der Waals surface area contributed by atoms with Crippen molar-refractivity contribution in [2.75, 3.05) is 32.1 Å². The van der Waals surface area contributed by atoms with Crippen molar-refractivity contribution in [2.45, 2.75) is 16.2 Å². The lowest BCUT2D eigenvalue weighted by Gasteiger charge is -2.26. The van der Waals surface area contributed by atoms with Crippen molar-refractivity contribution in [3.05, 3.63) is 59.1 Å². The number of hydrogen-bond acceptors (Lipinski definition) is 4. The fraction of sp³-hybridized carbons (Fsp3) is 0.316. The third-order valence-electron chi connectivity index (χ3n) is 4.17. The Bertz CT molecular complexity index is 754. The van der Waals surface area contributed by atoms with Crippen molar-refractivity contribution in [1.29, 1.82) is 0 Å². The van der Waals surface area contributed by atoms with Gasteiger partial charge in [0.05, 0.1) is 10.9 Å². The number of hydrogen-bond donors (Lipinski definition) is 1. The summed E-state index contributed by atoms with van der Waals surface area (Å²) in [5.41, 5.74) is 1.70. The van der Waals surface area contributed by atoms with Gasteiger partial charge < -0.3 is 14.9 Å². The van der Waals surface area contributed by atoms with Gasteiger partial charge >= 0.3 is 0 Å². The van der Waals surface area contributed by atoms with E-state index in [1.54, 1.807) is 11.0 Å². The summed E-state index contributed by atoms with van der Waals surface area (Å²) in [6, 6.07) is 15.2. The molecule has 4 nitrogen and oxygen atoms in total. The number of carbonyl (C=O) groups is 1. The zero-order valence-corrected chi connectivity index (χ0v) is 15.8. The van der Waals surface area contributed by atoms with Crippen LogP contribution < -0.4 is 4.90 Å². The zero-order valence-electron chi connectivity index (χ0n) is 14.2. The first-order valence-corrected chi connectivity index (χ1v) is 9.38. The van der Waals surface area contributed by atoms with E-state index in [0.717, 1.165) is 16.1 Å². The Hall–Kier alpha value is -1.53. The second-order valence-corrected chi connectivity index (χ2v) is 7.92. The number of likely N-dealkylation sites (N-methyl/N-ethyl adjacent to an activating group) is 1. The van der Waals surface area contributed by atoms with Crippen molar-refractivity contribution in [2.24, 2.45) is 0 Å². The molecule has 0 saturated heterocycles. The topological polar surface area (TPSA) is 43.8 Å². The highest BCUT2D eigenvalue weighted by molar-refractivity contribution is 7.99. The number of carbonyl (C=O) groups excluding carboxylic acids is 1. The molecule has 1 amide bonds. The van der Waals surface area contributed by atoms with Crippen LogP contribution in [0.2, 0.25) is 5.02 Å². The van der Waals surface area contributed by atoms with Crippen LogP contribution in [0.25, 0.3) is 0 Å². The van der Waals surface area contributed by atoms with Gasteiger partial charge in [-0.3, -0.25) is 4.79 Å². The van der Waals surface area contributed by atoms with Gasteiger partial charge in [0.1, 0.15) is 6.10 Å². The van der Waals surface area contributed by atoms with Gasteiger partial charge in [-0.05, 0) is 37.9 Å². The number of benzene rings is 2. The molecule has 6 heteroatoms. The lowest BCUT2D eigenvalue weighted by molar-refractivity contribution is -0.126. The Morgan fingerprint density at radius 1 is 1.20 bits per heavy atom. The average Bonchev–Trinajstić information content (AvgIpc) is 2.70. The van der Waals surface area contributed by atoms with E-state index in [1.807, 2.05) is 61.5 Å². The highest BCUT2D eigenvalue weighted by Gasteiger charge is 2.37. The van der Waals surface area contributed by atoms with E-state index in [1.165, 1.54) is 11.8 Å². The van der Waals surface area contributed by atoms with E-state index in [9.17, 15) is 9.90 Å². The van der Waals surface area contributed by atoms with Gasteiger partial charge in [-0.15, -0.1) is 11.8 Å². The molecule has 25 heavy (non-hydrogen) atoms. The lowest BCUT2D eigenvalue weighted by atomic mass is 10.1. The Morgan fingerprint density at radius 3 is 2.60 bits per heavy atom. The summed E-state index contributed by atoms with van der Waals surface area (Å²) in [6.07, 6.45) is -1.11. The average molecular weight is 377 g/mol. The maximum Gasteiger partial charge on any atom is 0.257 e. The summed E-state index contributed by atoms with van der Waals surface area (Å²) >= 11 is 7.68. The molecule has 3 rings (SSSR count). The summed E-state index contributed by atoms with van der Waals surface area (Å²) in [7, 11) is 3.91. The molecule has 0 aromatic heterocycles. The molecule has 2 aromatic carbocycles. The Labute approximate surface area is 157 Å². The number of aliphatic hydroxyl groups excluding tert-OH is 1. The summed E-state index contributed by atoms with van der Waals surface area (Å²) < 4.78 is 0. The van der Waals surface area contributed by atoms with Gasteiger partial charge in [0.15, 0.2) is 0 Å². The molecule has 1 aliphatic heterocycles. The Kier molecular flexibility index (Phi) is 5.69. The zero-order chi connectivity index (χ0) is 18.0. The van der Waals surface area contributed by atoms with Crippen LogP contribution in [0.5, 0.6) is 0 Å². The molecule has 132 valence electrons. The van der Waals surface area contributed by atoms with Gasteiger partial charge in [0.25, 0.3) is 5.91 Å². The van der Waals surface area contributed by atoms with E-state index < -0.39 is 6.10 Å². The van der Waals surface area contributed by atoms with Crippen molar-refractivity contribution in [1.82, 2.24) is 4.90 Å². The smallest absolute Gasteiger partial charge is 0.257 e. The molecule has 0 radical (unpaired) electrons. The molecule has 0 spiro atoms. The number of halogens is 1. The van der Waals surface area contributed by atoms with Crippen LogP contribution in [0.15, 0.2) is 53.4 Å². The van der Waals surface area contributed by atoms with Crippen LogP contribution in [0.3, 0.4) is 0 Å². The second-order valence-electron chi connectivity index (χ2n) is 6.30. The summed E-state index contributed by atoms with van der Waals surface area (Å²) in [6.45, 7) is 1.20. The Balaban J connectivity index is 2.03. The van der Waals surface area contributed by atoms with E-state index in [0.29, 0.717) is 18.1 Å². The summed E-state index contributed by atoms with van der Waals surface area (Å²) in [5.74, 6) is -0.288. The summed E-state index contributed by atoms with van der Waals surface area (Å²) in [4.78, 5) is 17.6. The first-order valence-electron chi connectivity index (χ1n) is 8.12. The maximum absolute atomic E-state index is 13.0. The lowest BCUT2D eigenvalue weighted by Crippen LogP contribution is -2.43. The van der Waals surface area contributed by atoms with Gasteiger partial charge in [-0.1, -0.05) is 41.9 Å². The maximum atomic E-state index is 13.0. The van der Waals surface area contributed by atoms with Crippen LogP contribution in [0.1, 0.15) is 10.8 Å². The quantitative estimate of drug-likeness (QED) is 0.887. The second kappa shape index (κ2) is 7.79. The number of anilines is 1. The van der Waals surface area contributed by atoms with Crippen LogP contribution in [-0.2, 0) is 4.79 Å². The molecule has 2 atom stereocenters. The molecule has 0 bridgehead atoms. The number of rotatable bonds is 4. The molecule has 0 saturated carbocycles. The van der Waals surface area contributed by atoms with Crippen LogP contribution >= 0.6 is 23.4 Å². The predicted octanol–water partition coefficient (Wildman–Crippen LogP) is 3.44. The van der Waals surface area contributed by atoms with Gasteiger partial charge in [-0.2, -0.15) is 0 Å². The number of thioether (sulfide) groups is 1. The van der Waals surface area contributed by atoms with Crippen LogP contribution in [-0.4, -0.2) is 49.2 Å². The fourth-order valence-electron chi connectivity index (χ4n) is 2.83. The van der Waals surface area contributed by atoms with E-state index in [4.69, 9.17) is 11.6 Å². The number of nitrogens with zero attached hydrogens (tertiary/aromatic N) is 2. The van der Waals surface area contributed by atoms with Gasteiger partial charge in [-0.25, -0.2) is 0 Å². The molecule has 1 aliphatic rings. The van der Waals surface area contributed by atoms with Crippen LogP contribution in [0, 0.1) is 0 Å². The number of amides is 1. The molecular formula is C19H21ClN2O2S. The largest absolute Gasteiger partial charge is 0.382 e. The van der Waals surface area contributed by atoms with E-state index in [-0.39, 0.29) is 11.2 Å². The summed E-state index contributed by atoms with van der Waals surface area (Å²) in [5, 5.41) is 11.0. The SMILES string of the molecule is CN(C)CCN1C(=O)C(O)C(c2ccccc2)Sc2ccc(Cl)cc21. The van der Waals surface area contributed by atoms with E-state index >= 15 is 0 Å². The number of aliphatic hydroxyl groups is 1. The monoisotopic (exact) mass is 376 g/mol. The highest BCUT2D eigenvalue weighted by Crippen LogP contribution is 2.46. The third-order valence-corrected chi connectivity index (χ3v) is 5.79. The van der Waals surface area contributed by atoms with Gasteiger partial charge in [0.2, 0.25) is 0 Å². The minimum atomic E-state index is -1.11. The number of fused-ring (bicyclic) bond motifs is 1. The van der Waals surface area contributed by atoms with Gasteiger partial charge in [0, 0.05) is 23.0 Å². The molecular weight excluding hydrogens is 356 g/mol. The van der Waals surface area contributed by atoms with Crippen molar-refractivity contribution in [3.63, 3.8) is 0 Å². The molecule has 1 N–H and O–H groups in total. The first-order chi connectivity index (χ1) is 12.0. The predicted molar refractivity (Wildman–Crippen MR) is 103 cm³/mol. The third kappa shape index (κ3) is 4.01. The van der Waals surface area contributed by atoms with E-state index in [2.05, 4.69) is 0 Å². The standard InChI is InChI=1S/C19H21ClN2O2S/c1-21(2)10-11-22-15-12-14(20)8-9-16(15)25-18(17(23)19(22)24)13-6-4-3-5-7-13/h3-9,12,17-18,23H,10-11H2,1-2H3. The van der Waals surface area contributed by atoms with Crippen molar-refractivity contribution in [3.8, 4) is 0 Å². The van der Waals surface area contributed by atoms with Crippen molar-refractivity contribution < 1.29 is 9.90 Å².